The largest absolute Gasteiger partial charge is 0.359 e. The molecule has 1 aromatic rings. The highest BCUT2D eigenvalue weighted by atomic mass is 16.6. The molecule has 1 fully saturated rings. The maximum atomic E-state index is 11.7. The van der Waals surface area contributed by atoms with Crippen LogP contribution >= 0.6 is 0 Å². The first-order chi connectivity index (χ1) is 9.13. The summed E-state index contributed by atoms with van der Waals surface area (Å²) in [7, 11) is 1.60. The van der Waals surface area contributed by atoms with Gasteiger partial charge >= 0.3 is 5.69 Å². The Balaban J connectivity index is 2.22. The van der Waals surface area contributed by atoms with Crippen molar-refractivity contribution in [2.45, 2.75) is 12.8 Å². The molecule has 1 N–H and O–H groups in total. The third-order valence-electron chi connectivity index (χ3n) is 3.30. The van der Waals surface area contributed by atoms with Crippen molar-refractivity contribution < 1.29 is 9.72 Å². The number of rotatable bonds is 3. The molecule has 1 amide bonds. The van der Waals surface area contributed by atoms with Crippen molar-refractivity contribution in [1.29, 1.82) is 0 Å². The van der Waals surface area contributed by atoms with Gasteiger partial charge in [0.1, 0.15) is 0 Å². The number of hydrogen-bond acceptors (Lipinski definition) is 5. The summed E-state index contributed by atoms with van der Waals surface area (Å²) in [6, 6.07) is 2.98. The number of amides is 1. The standard InChI is InChI=1S/C12H16N4O3/c1-13-12(17)9-4-3-7-15(8-9)11-10(16(18)19)5-2-6-14-11/h2,5-6,9H,3-4,7-8H2,1H3,(H,13,17). The first-order valence-electron chi connectivity index (χ1n) is 6.19. The number of nitro groups is 1. The van der Waals surface area contributed by atoms with Crippen LogP contribution in [0.25, 0.3) is 0 Å². The highest BCUT2D eigenvalue weighted by Crippen LogP contribution is 2.28. The summed E-state index contributed by atoms with van der Waals surface area (Å²) in [5, 5.41) is 13.6. The van der Waals surface area contributed by atoms with E-state index in [2.05, 4.69) is 10.3 Å². The highest BCUT2D eigenvalue weighted by Gasteiger charge is 2.29. The Hall–Kier alpha value is -2.18. The molecule has 0 aromatic carbocycles. The second-order valence-corrected chi connectivity index (χ2v) is 4.50. The van der Waals surface area contributed by atoms with Crippen LogP contribution in [0.1, 0.15) is 12.8 Å². The lowest BCUT2D eigenvalue weighted by molar-refractivity contribution is -0.384. The molecule has 1 aliphatic heterocycles. The summed E-state index contributed by atoms with van der Waals surface area (Å²) in [6.07, 6.45) is 3.16. The molecule has 0 saturated carbocycles. The van der Waals surface area contributed by atoms with Crippen LogP contribution in [-0.4, -0.2) is 36.0 Å². The van der Waals surface area contributed by atoms with Crippen LogP contribution < -0.4 is 10.2 Å². The Kier molecular flexibility index (Phi) is 3.94. The number of anilines is 1. The van der Waals surface area contributed by atoms with E-state index >= 15 is 0 Å². The minimum absolute atomic E-state index is 0.0138. The topological polar surface area (TPSA) is 88.4 Å². The summed E-state index contributed by atoms with van der Waals surface area (Å²) in [5.74, 6) is 0.185. The number of carbonyl (C=O) groups excluding carboxylic acids is 1. The van der Waals surface area contributed by atoms with Gasteiger partial charge in [0.2, 0.25) is 11.7 Å². The number of carbonyl (C=O) groups is 1. The molecule has 7 heteroatoms. The molecule has 1 aromatic heterocycles. The van der Waals surface area contributed by atoms with Gasteiger partial charge in [-0.1, -0.05) is 0 Å². The number of pyridine rings is 1. The molecular formula is C12H16N4O3. The van der Waals surface area contributed by atoms with Gasteiger partial charge < -0.3 is 10.2 Å². The number of aromatic nitrogens is 1. The minimum Gasteiger partial charge on any atom is -0.359 e. The van der Waals surface area contributed by atoms with Crippen LogP contribution in [0, 0.1) is 16.0 Å². The Bertz CT molecular complexity index is 492. The van der Waals surface area contributed by atoms with Crippen LogP contribution in [0.4, 0.5) is 11.5 Å². The first kappa shape index (κ1) is 13.3. The zero-order valence-electron chi connectivity index (χ0n) is 10.7. The molecule has 102 valence electrons. The van der Waals surface area contributed by atoms with Crippen molar-refractivity contribution >= 4 is 17.4 Å². The molecule has 1 atom stereocenters. The Morgan fingerprint density at radius 2 is 2.42 bits per heavy atom. The van der Waals surface area contributed by atoms with E-state index in [-0.39, 0.29) is 17.5 Å². The molecule has 0 spiro atoms. The van der Waals surface area contributed by atoms with E-state index in [9.17, 15) is 14.9 Å². The predicted octanol–water partition coefficient (Wildman–Crippen LogP) is 0.952. The third-order valence-corrected chi connectivity index (χ3v) is 3.30. The predicted molar refractivity (Wildman–Crippen MR) is 69.9 cm³/mol. The lowest BCUT2D eigenvalue weighted by atomic mass is 9.97. The fourth-order valence-corrected chi connectivity index (χ4v) is 2.36. The van der Waals surface area contributed by atoms with Crippen molar-refractivity contribution in [1.82, 2.24) is 10.3 Å². The van der Waals surface area contributed by atoms with Gasteiger partial charge in [-0.2, -0.15) is 0 Å². The zero-order chi connectivity index (χ0) is 13.8. The Labute approximate surface area is 110 Å². The number of nitrogens with one attached hydrogen (secondary N) is 1. The van der Waals surface area contributed by atoms with Gasteiger partial charge in [-0.15, -0.1) is 0 Å². The number of nitrogens with zero attached hydrogens (tertiary/aromatic N) is 3. The van der Waals surface area contributed by atoms with Gasteiger partial charge in [-0.25, -0.2) is 4.98 Å². The summed E-state index contributed by atoms with van der Waals surface area (Å²) in [5.41, 5.74) is -0.0138. The maximum absolute atomic E-state index is 11.7. The maximum Gasteiger partial charge on any atom is 0.311 e. The highest BCUT2D eigenvalue weighted by molar-refractivity contribution is 5.79. The van der Waals surface area contributed by atoms with Gasteiger partial charge in [0.25, 0.3) is 0 Å². The van der Waals surface area contributed by atoms with Crippen molar-refractivity contribution in [3.8, 4) is 0 Å². The normalized spacial score (nSPS) is 19.0. The van der Waals surface area contributed by atoms with E-state index in [0.717, 1.165) is 12.8 Å². The molecule has 7 nitrogen and oxygen atoms in total. The molecule has 0 aliphatic carbocycles. The van der Waals surface area contributed by atoms with Crippen LogP contribution in [0.5, 0.6) is 0 Å². The molecule has 0 radical (unpaired) electrons. The minimum atomic E-state index is -0.439. The number of piperidine rings is 1. The summed E-state index contributed by atoms with van der Waals surface area (Å²) < 4.78 is 0. The van der Waals surface area contributed by atoms with Crippen LogP contribution in [0.2, 0.25) is 0 Å². The van der Waals surface area contributed by atoms with Gasteiger partial charge in [-0.05, 0) is 18.9 Å². The van der Waals surface area contributed by atoms with E-state index in [1.807, 2.05) is 4.90 Å². The lowest BCUT2D eigenvalue weighted by Crippen LogP contribution is -2.42. The van der Waals surface area contributed by atoms with Crippen LogP contribution in [0.3, 0.4) is 0 Å². The average molecular weight is 264 g/mol. The van der Waals surface area contributed by atoms with Gasteiger partial charge in [-0.3, -0.25) is 14.9 Å². The van der Waals surface area contributed by atoms with Gasteiger partial charge in [0.05, 0.1) is 10.8 Å². The van der Waals surface area contributed by atoms with E-state index in [0.29, 0.717) is 18.9 Å². The summed E-state index contributed by atoms with van der Waals surface area (Å²) in [4.78, 5) is 28.1. The summed E-state index contributed by atoms with van der Waals surface area (Å²) >= 11 is 0. The zero-order valence-corrected chi connectivity index (χ0v) is 10.7. The second kappa shape index (κ2) is 5.64. The molecule has 1 unspecified atom stereocenters. The van der Waals surface area contributed by atoms with Crippen LogP contribution in [0.15, 0.2) is 18.3 Å². The number of hydrogen-bond donors (Lipinski definition) is 1. The smallest absolute Gasteiger partial charge is 0.311 e. The lowest BCUT2D eigenvalue weighted by Gasteiger charge is -2.32. The monoisotopic (exact) mass is 264 g/mol. The van der Waals surface area contributed by atoms with Crippen molar-refractivity contribution in [3.63, 3.8) is 0 Å². The van der Waals surface area contributed by atoms with Crippen molar-refractivity contribution in [3.05, 3.63) is 28.4 Å². The molecule has 19 heavy (non-hydrogen) atoms. The quantitative estimate of drug-likeness (QED) is 0.648. The second-order valence-electron chi connectivity index (χ2n) is 4.50. The van der Waals surface area contributed by atoms with Crippen molar-refractivity contribution in [2.24, 2.45) is 5.92 Å². The molecule has 1 saturated heterocycles. The molecule has 2 heterocycles. The van der Waals surface area contributed by atoms with Crippen molar-refractivity contribution in [2.75, 3.05) is 25.0 Å². The van der Waals surface area contributed by atoms with E-state index < -0.39 is 4.92 Å². The van der Waals surface area contributed by atoms with Gasteiger partial charge in [0, 0.05) is 32.4 Å². The van der Waals surface area contributed by atoms with E-state index in [1.165, 1.54) is 12.3 Å². The SMILES string of the molecule is CNC(=O)C1CCCN(c2ncccc2[N+](=O)[O-])C1. The fourth-order valence-electron chi connectivity index (χ4n) is 2.36. The third kappa shape index (κ3) is 2.81. The fraction of sp³-hybridized carbons (Fsp3) is 0.500. The van der Waals surface area contributed by atoms with E-state index in [1.54, 1.807) is 13.1 Å². The Morgan fingerprint density at radius 3 is 3.11 bits per heavy atom. The average Bonchev–Trinajstić information content (AvgIpc) is 2.46. The van der Waals surface area contributed by atoms with Gasteiger partial charge in [0.15, 0.2) is 0 Å². The molecule has 0 bridgehead atoms. The van der Waals surface area contributed by atoms with Crippen LogP contribution in [-0.2, 0) is 4.79 Å². The summed E-state index contributed by atoms with van der Waals surface area (Å²) in [6.45, 7) is 1.16. The first-order valence-corrected chi connectivity index (χ1v) is 6.19. The molecular weight excluding hydrogens is 248 g/mol. The Morgan fingerprint density at radius 1 is 1.63 bits per heavy atom. The molecule has 1 aliphatic rings. The van der Waals surface area contributed by atoms with E-state index in [4.69, 9.17) is 0 Å². The molecule has 2 rings (SSSR count).